The van der Waals surface area contributed by atoms with Crippen molar-refractivity contribution in [1.29, 1.82) is 0 Å². The predicted molar refractivity (Wildman–Crippen MR) is 146 cm³/mol. The monoisotopic (exact) mass is 474 g/mol. The van der Waals surface area contributed by atoms with E-state index in [0.29, 0.717) is 12.3 Å². The molecule has 0 spiro atoms. The van der Waals surface area contributed by atoms with E-state index >= 15 is 0 Å². The molecule has 3 aromatic rings. The van der Waals surface area contributed by atoms with E-state index in [9.17, 15) is 4.79 Å². The zero-order valence-corrected chi connectivity index (χ0v) is 21.6. The molecule has 5 heteroatoms. The Morgan fingerprint density at radius 3 is 2.11 bits per heavy atom. The summed E-state index contributed by atoms with van der Waals surface area (Å²) in [5.41, 5.74) is 14.2. The molecule has 0 radical (unpaired) electrons. The van der Waals surface area contributed by atoms with E-state index in [1.807, 2.05) is 12.1 Å². The lowest BCUT2D eigenvalue weighted by atomic mass is 9.82. The standard InChI is InChI=1S/C30H38N2O3/c1-6-32(7-2)28-17-14-24(20-27(28)30(3,4)5)26-19-23(11-10-22(26)9-8-18-31)21-12-15-25(16-13-21)35-29(33)34/h10-17,19-20H,6-9,18,31H2,1-5H3,(H,33,34). The second kappa shape index (κ2) is 11.4. The van der Waals surface area contributed by atoms with Crippen LogP contribution in [0.25, 0.3) is 22.3 Å². The number of nitrogens with zero attached hydrogens (tertiary/aromatic N) is 1. The van der Waals surface area contributed by atoms with Crippen molar-refractivity contribution in [2.75, 3.05) is 24.5 Å². The molecule has 0 bridgehead atoms. The number of carbonyl (C=O) groups is 1. The first-order chi connectivity index (χ1) is 16.7. The Hall–Kier alpha value is -3.31. The second-order valence-corrected chi connectivity index (χ2v) is 9.81. The summed E-state index contributed by atoms with van der Waals surface area (Å²) in [5.74, 6) is 0.308. The molecule has 3 aromatic carbocycles. The number of carboxylic acid groups (broad SMARTS) is 1. The van der Waals surface area contributed by atoms with Gasteiger partial charge in [-0.05, 0) is 102 Å². The number of aryl methyl sites for hydroxylation is 1. The molecule has 0 aliphatic carbocycles. The van der Waals surface area contributed by atoms with E-state index in [2.05, 4.69) is 75.9 Å². The molecule has 0 aliphatic rings. The third kappa shape index (κ3) is 6.43. The maximum absolute atomic E-state index is 10.8. The SMILES string of the molecule is CCN(CC)c1ccc(-c2cc(-c3ccc(OC(=O)O)cc3)ccc2CCCN)cc1C(C)(C)C. The average Bonchev–Trinajstić information content (AvgIpc) is 2.83. The molecular formula is C30H38N2O3. The molecule has 0 fully saturated rings. The number of anilines is 1. The normalized spacial score (nSPS) is 11.4. The molecule has 0 atom stereocenters. The van der Waals surface area contributed by atoms with Crippen molar-refractivity contribution in [3.63, 3.8) is 0 Å². The largest absolute Gasteiger partial charge is 0.511 e. The van der Waals surface area contributed by atoms with Crippen LogP contribution in [0, 0.1) is 0 Å². The summed E-state index contributed by atoms with van der Waals surface area (Å²) in [6, 6.07) is 20.5. The minimum atomic E-state index is -1.31. The highest BCUT2D eigenvalue weighted by atomic mass is 16.7. The van der Waals surface area contributed by atoms with E-state index in [4.69, 9.17) is 15.6 Å². The lowest BCUT2D eigenvalue weighted by Crippen LogP contribution is -2.26. The van der Waals surface area contributed by atoms with Crippen molar-refractivity contribution in [2.24, 2.45) is 5.73 Å². The minimum absolute atomic E-state index is 0.00291. The van der Waals surface area contributed by atoms with Gasteiger partial charge in [-0.25, -0.2) is 4.79 Å². The van der Waals surface area contributed by atoms with Crippen LogP contribution in [0.4, 0.5) is 10.5 Å². The predicted octanol–water partition coefficient (Wildman–Crippen LogP) is 7.11. The van der Waals surface area contributed by atoms with Crippen LogP contribution in [-0.4, -0.2) is 30.9 Å². The zero-order valence-electron chi connectivity index (χ0n) is 21.6. The van der Waals surface area contributed by atoms with Crippen molar-refractivity contribution in [2.45, 2.75) is 52.9 Å². The van der Waals surface area contributed by atoms with Gasteiger partial charge in [0.15, 0.2) is 0 Å². The fourth-order valence-corrected chi connectivity index (χ4v) is 4.50. The molecule has 5 nitrogen and oxygen atoms in total. The number of rotatable bonds is 9. The first kappa shape index (κ1) is 26.3. The first-order valence-electron chi connectivity index (χ1n) is 12.4. The quantitative estimate of drug-likeness (QED) is 0.255. The van der Waals surface area contributed by atoms with Crippen LogP contribution in [0.3, 0.4) is 0 Å². The van der Waals surface area contributed by atoms with Gasteiger partial charge < -0.3 is 20.5 Å². The third-order valence-corrected chi connectivity index (χ3v) is 6.37. The van der Waals surface area contributed by atoms with Gasteiger partial charge >= 0.3 is 6.16 Å². The Bertz CT molecular complexity index is 1140. The summed E-state index contributed by atoms with van der Waals surface area (Å²) >= 11 is 0. The highest BCUT2D eigenvalue weighted by molar-refractivity contribution is 5.78. The number of ether oxygens (including phenoxy) is 1. The number of nitrogens with two attached hydrogens (primary N) is 1. The third-order valence-electron chi connectivity index (χ3n) is 6.37. The van der Waals surface area contributed by atoms with Crippen molar-refractivity contribution >= 4 is 11.8 Å². The molecule has 0 unspecified atom stereocenters. The van der Waals surface area contributed by atoms with Gasteiger partial charge in [0, 0.05) is 18.8 Å². The smallest absolute Gasteiger partial charge is 0.449 e. The molecule has 35 heavy (non-hydrogen) atoms. The highest BCUT2D eigenvalue weighted by Crippen LogP contribution is 2.38. The molecule has 0 aromatic heterocycles. The molecule has 0 saturated carbocycles. The molecule has 186 valence electrons. The van der Waals surface area contributed by atoms with Crippen LogP contribution in [0.1, 0.15) is 52.2 Å². The Kier molecular flexibility index (Phi) is 8.57. The van der Waals surface area contributed by atoms with Crippen LogP contribution in [0.5, 0.6) is 5.75 Å². The topological polar surface area (TPSA) is 75.8 Å². The Labute approximate surface area is 209 Å². The van der Waals surface area contributed by atoms with Gasteiger partial charge in [-0.2, -0.15) is 0 Å². The van der Waals surface area contributed by atoms with Crippen molar-refractivity contribution in [3.05, 3.63) is 71.8 Å². The number of hydrogen-bond donors (Lipinski definition) is 2. The summed E-state index contributed by atoms with van der Waals surface area (Å²) in [6.45, 7) is 13.8. The van der Waals surface area contributed by atoms with Crippen LogP contribution >= 0.6 is 0 Å². The van der Waals surface area contributed by atoms with Gasteiger partial charge in [0.05, 0.1) is 0 Å². The van der Waals surface area contributed by atoms with Crippen LogP contribution in [-0.2, 0) is 11.8 Å². The van der Waals surface area contributed by atoms with E-state index < -0.39 is 6.16 Å². The fraction of sp³-hybridized carbons (Fsp3) is 0.367. The first-order valence-corrected chi connectivity index (χ1v) is 12.4. The Morgan fingerprint density at radius 1 is 0.914 bits per heavy atom. The Morgan fingerprint density at radius 2 is 1.54 bits per heavy atom. The van der Waals surface area contributed by atoms with Gasteiger partial charge in [0.1, 0.15) is 5.75 Å². The van der Waals surface area contributed by atoms with Crippen molar-refractivity contribution in [3.8, 4) is 28.0 Å². The molecule has 0 amide bonds. The molecule has 3 N–H and O–H groups in total. The van der Waals surface area contributed by atoms with E-state index in [0.717, 1.165) is 37.1 Å². The van der Waals surface area contributed by atoms with Gasteiger partial charge in [-0.1, -0.05) is 51.1 Å². The van der Waals surface area contributed by atoms with E-state index in [1.165, 1.54) is 27.9 Å². The molecule has 3 rings (SSSR count). The maximum atomic E-state index is 10.8. The summed E-state index contributed by atoms with van der Waals surface area (Å²) < 4.78 is 4.76. The van der Waals surface area contributed by atoms with Gasteiger partial charge in [-0.15, -0.1) is 0 Å². The summed E-state index contributed by atoms with van der Waals surface area (Å²) in [5, 5.41) is 8.85. The second-order valence-electron chi connectivity index (χ2n) is 9.81. The summed E-state index contributed by atoms with van der Waals surface area (Å²) in [7, 11) is 0. The molecule has 0 heterocycles. The summed E-state index contributed by atoms with van der Waals surface area (Å²) in [4.78, 5) is 13.2. The van der Waals surface area contributed by atoms with Crippen LogP contribution < -0.4 is 15.4 Å². The van der Waals surface area contributed by atoms with E-state index in [1.54, 1.807) is 12.1 Å². The zero-order chi connectivity index (χ0) is 25.6. The maximum Gasteiger partial charge on any atom is 0.511 e. The van der Waals surface area contributed by atoms with E-state index in [-0.39, 0.29) is 5.41 Å². The highest BCUT2D eigenvalue weighted by Gasteiger charge is 2.22. The fourth-order valence-electron chi connectivity index (χ4n) is 4.50. The number of hydrogen-bond acceptors (Lipinski definition) is 4. The van der Waals surface area contributed by atoms with Gasteiger partial charge in [0.2, 0.25) is 0 Å². The lowest BCUT2D eigenvalue weighted by molar-refractivity contribution is 0.144. The number of benzene rings is 3. The molecule has 0 aliphatic heterocycles. The lowest BCUT2D eigenvalue weighted by Gasteiger charge is -2.31. The Balaban J connectivity index is 2.12. The van der Waals surface area contributed by atoms with Crippen molar-refractivity contribution < 1.29 is 14.6 Å². The minimum Gasteiger partial charge on any atom is -0.449 e. The molecule has 0 saturated heterocycles. The van der Waals surface area contributed by atoms with Gasteiger partial charge in [0.25, 0.3) is 0 Å². The van der Waals surface area contributed by atoms with Crippen LogP contribution in [0.2, 0.25) is 0 Å². The van der Waals surface area contributed by atoms with Crippen molar-refractivity contribution in [1.82, 2.24) is 0 Å². The van der Waals surface area contributed by atoms with Gasteiger partial charge in [-0.3, -0.25) is 0 Å². The van der Waals surface area contributed by atoms with Crippen LogP contribution in [0.15, 0.2) is 60.7 Å². The average molecular weight is 475 g/mol. The molecular weight excluding hydrogens is 436 g/mol. The summed E-state index contributed by atoms with van der Waals surface area (Å²) in [6.07, 6.45) is 0.532.